The van der Waals surface area contributed by atoms with Gasteiger partial charge in [-0.05, 0) is 0 Å². The molecule has 3 rings (SSSR count). The maximum absolute atomic E-state index is 13.7. The van der Waals surface area contributed by atoms with Crippen LogP contribution in [0.25, 0.3) is 11.0 Å². The van der Waals surface area contributed by atoms with Gasteiger partial charge in [-0.25, -0.2) is 9.37 Å². The van der Waals surface area contributed by atoms with Gasteiger partial charge in [0.1, 0.15) is 0 Å². The van der Waals surface area contributed by atoms with E-state index in [0.717, 1.165) is 11.1 Å². The third kappa shape index (κ3) is 1.97. The molecule has 0 fully saturated rings. The minimum Gasteiger partial charge on any atom is -0.494 e. The van der Waals surface area contributed by atoms with Gasteiger partial charge in [0, 0.05) is 30.9 Å². The Morgan fingerprint density at radius 3 is 2.85 bits per heavy atom. The molecule has 3 aromatic rings. The lowest BCUT2D eigenvalue weighted by Gasteiger charge is -2.06. The van der Waals surface area contributed by atoms with E-state index in [1.807, 2.05) is 13.2 Å². The lowest BCUT2D eigenvalue weighted by atomic mass is 10.2. The van der Waals surface area contributed by atoms with Crippen LogP contribution in [0.15, 0.2) is 24.5 Å². The van der Waals surface area contributed by atoms with Crippen LogP contribution in [-0.2, 0) is 13.6 Å². The van der Waals surface area contributed by atoms with E-state index in [0.29, 0.717) is 18.0 Å². The maximum atomic E-state index is 13.7. The molecule has 0 saturated carbocycles. The topological polar surface area (TPSA) is 70.9 Å². The molecule has 0 saturated heterocycles. The van der Waals surface area contributed by atoms with Gasteiger partial charge in [0.2, 0.25) is 5.95 Å². The van der Waals surface area contributed by atoms with Gasteiger partial charge >= 0.3 is 0 Å². The molecule has 2 aromatic heterocycles. The number of hydrogen-bond donors (Lipinski definition) is 1. The molecule has 0 amide bonds. The molecule has 2 heterocycles. The van der Waals surface area contributed by atoms with Crippen molar-refractivity contribution in [1.29, 1.82) is 0 Å². The highest BCUT2D eigenvalue weighted by Gasteiger charge is 2.13. The molecule has 104 valence electrons. The summed E-state index contributed by atoms with van der Waals surface area (Å²) in [5.41, 5.74) is 8.13. The number of anilines is 1. The monoisotopic (exact) mass is 275 g/mol. The number of aromatic nitrogens is 4. The van der Waals surface area contributed by atoms with Gasteiger partial charge in [-0.3, -0.25) is 4.68 Å². The van der Waals surface area contributed by atoms with Gasteiger partial charge in [0.25, 0.3) is 0 Å². The van der Waals surface area contributed by atoms with Gasteiger partial charge in [-0.2, -0.15) is 5.10 Å². The highest BCUT2D eigenvalue weighted by molar-refractivity contribution is 5.80. The standard InChI is InChI=1S/C13H14FN5O/c1-18-6-8(5-16-18)7-19-11-4-12(20-2)9(14)3-10(11)17-13(19)15/h3-6H,7H2,1-2H3,(H2,15,17). The number of nitrogen functional groups attached to an aromatic ring is 1. The Hall–Kier alpha value is -2.57. The molecule has 0 aliphatic rings. The highest BCUT2D eigenvalue weighted by Crippen LogP contribution is 2.26. The second kappa shape index (κ2) is 4.52. The number of rotatable bonds is 3. The Kier molecular flexibility index (Phi) is 2.81. The third-order valence-electron chi connectivity index (χ3n) is 3.15. The van der Waals surface area contributed by atoms with Gasteiger partial charge in [0.05, 0.1) is 30.9 Å². The van der Waals surface area contributed by atoms with E-state index in [9.17, 15) is 4.39 Å². The van der Waals surface area contributed by atoms with Gasteiger partial charge in [-0.15, -0.1) is 0 Å². The number of fused-ring (bicyclic) bond motifs is 1. The third-order valence-corrected chi connectivity index (χ3v) is 3.15. The van der Waals surface area contributed by atoms with Crippen LogP contribution < -0.4 is 10.5 Å². The summed E-state index contributed by atoms with van der Waals surface area (Å²) in [5.74, 6) is 0.0485. The van der Waals surface area contributed by atoms with Crippen molar-refractivity contribution in [2.45, 2.75) is 6.54 Å². The van der Waals surface area contributed by atoms with Crippen LogP contribution in [-0.4, -0.2) is 26.4 Å². The van der Waals surface area contributed by atoms with Crippen molar-refractivity contribution in [3.63, 3.8) is 0 Å². The smallest absolute Gasteiger partial charge is 0.201 e. The quantitative estimate of drug-likeness (QED) is 0.787. The molecular formula is C13H14FN5O. The fraction of sp³-hybridized carbons (Fsp3) is 0.231. The van der Waals surface area contributed by atoms with E-state index in [1.165, 1.54) is 13.2 Å². The summed E-state index contributed by atoms with van der Waals surface area (Å²) in [6.45, 7) is 0.519. The Bertz CT molecular complexity index is 777. The van der Waals surface area contributed by atoms with Crippen LogP contribution >= 0.6 is 0 Å². The predicted molar refractivity (Wildman–Crippen MR) is 73.0 cm³/mol. The van der Waals surface area contributed by atoms with E-state index in [4.69, 9.17) is 10.5 Å². The van der Waals surface area contributed by atoms with Gasteiger partial charge < -0.3 is 15.0 Å². The molecule has 7 heteroatoms. The minimum absolute atomic E-state index is 0.171. The van der Waals surface area contributed by atoms with E-state index < -0.39 is 5.82 Å². The number of halogens is 1. The van der Waals surface area contributed by atoms with Crippen molar-refractivity contribution in [2.75, 3.05) is 12.8 Å². The number of methoxy groups -OCH3 is 1. The zero-order valence-corrected chi connectivity index (χ0v) is 11.2. The number of ether oxygens (including phenoxy) is 1. The number of benzene rings is 1. The number of aryl methyl sites for hydroxylation is 1. The summed E-state index contributed by atoms with van der Waals surface area (Å²) in [6.07, 6.45) is 3.65. The summed E-state index contributed by atoms with van der Waals surface area (Å²) in [5, 5.41) is 4.11. The first kappa shape index (κ1) is 12.5. The zero-order valence-electron chi connectivity index (χ0n) is 11.2. The van der Waals surface area contributed by atoms with Crippen LogP contribution in [0.2, 0.25) is 0 Å². The lowest BCUT2D eigenvalue weighted by molar-refractivity contribution is 0.387. The number of nitrogens with zero attached hydrogens (tertiary/aromatic N) is 4. The highest BCUT2D eigenvalue weighted by atomic mass is 19.1. The molecule has 0 bridgehead atoms. The molecule has 0 radical (unpaired) electrons. The Morgan fingerprint density at radius 2 is 2.20 bits per heavy atom. The van der Waals surface area contributed by atoms with Gasteiger partial charge in [0.15, 0.2) is 11.6 Å². The number of imidazole rings is 1. The van der Waals surface area contributed by atoms with Crippen LogP contribution in [0.4, 0.5) is 10.3 Å². The summed E-state index contributed by atoms with van der Waals surface area (Å²) in [7, 11) is 3.27. The molecule has 0 spiro atoms. The van der Waals surface area contributed by atoms with Crippen molar-refractivity contribution in [3.05, 3.63) is 35.9 Å². The average Bonchev–Trinajstić information content (AvgIpc) is 2.94. The van der Waals surface area contributed by atoms with Crippen LogP contribution in [0, 0.1) is 5.82 Å². The summed E-state index contributed by atoms with van der Waals surface area (Å²) < 4.78 is 22.2. The largest absolute Gasteiger partial charge is 0.494 e. The Morgan fingerprint density at radius 1 is 1.40 bits per heavy atom. The van der Waals surface area contributed by atoms with Crippen molar-refractivity contribution >= 4 is 17.0 Å². The molecule has 0 unspecified atom stereocenters. The Labute approximate surface area is 114 Å². The zero-order chi connectivity index (χ0) is 14.3. The average molecular weight is 275 g/mol. The van der Waals surface area contributed by atoms with E-state index in [1.54, 1.807) is 21.5 Å². The number of nitrogens with two attached hydrogens (primary N) is 1. The second-order valence-electron chi connectivity index (χ2n) is 4.55. The maximum Gasteiger partial charge on any atom is 0.201 e. The van der Waals surface area contributed by atoms with E-state index in [-0.39, 0.29) is 5.75 Å². The summed E-state index contributed by atoms with van der Waals surface area (Å²) in [6, 6.07) is 2.93. The fourth-order valence-electron chi connectivity index (χ4n) is 2.20. The predicted octanol–water partition coefficient (Wildman–Crippen LogP) is 1.55. The van der Waals surface area contributed by atoms with Crippen molar-refractivity contribution in [3.8, 4) is 5.75 Å². The fourth-order valence-corrected chi connectivity index (χ4v) is 2.20. The minimum atomic E-state index is -0.453. The first-order valence-corrected chi connectivity index (χ1v) is 6.05. The van der Waals surface area contributed by atoms with Crippen molar-refractivity contribution in [1.82, 2.24) is 19.3 Å². The van der Waals surface area contributed by atoms with Crippen LogP contribution in [0.3, 0.4) is 0 Å². The first-order valence-electron chi connectivity index (χ1n) is 6.05. The molecule has 0 aliphatic heterocycles. The normalized spacial score (nSPS) is 11.2. The van der Waals surface area contributed by atoms with Crippen LogP contribution in [0.5, 0.6) is 5.75 Å². The van der Waals surface area contributed by atoms with Crippen molar-refractivity contribution < 1.29 is 9.13 Å². The molecule has 0 atom stereocenters. The first-order chi connectivity index (χ1) is 9.58. The van der Waals surface area contributed by atoms with Crippen LogP contribution in [0.1, 0.15) is 5.56 Å². The molecule has 6 nitrogen and oxygen atoms in total. The molecule has 0 aliphatic carbocycles. The van der Waals surface area contributed by atoms with Gasteiger partial charge in [-0.1, -0.05) is 0 Å². The summed E-state index contributed by atoms with van der Waals surface area (Å²) >= 11 is 0. The molecule has 2 N–H and O–H groups in total. The van der Waals surface area contributed by atoms with E-state index in [2.05, 4.69) is 10.1 Å². The summed E-state index contributed by atoms with van der Waals surface area (Å²) in [4.78, 5) is 4.17. The number of hydrogen-bond acceptors (Lipinski definition) is 4. The molecule has 20 heavy (non-hydrogen) atoms. The second-order valence-corrected chi connectivity index (χ2v) is 4.55. The SMILES string of the molecule is COc1cc2c(cc1F)nc(N)n2Cc1cnn(C)c1. The lowest BCUT2D eigenvalue weighted by Crippen LogP contribution is -2.04. The Balaban J connectivity index is 2.11. The molecule has 1 aromatic carbocycles. The van der Waals surface area contributed by atoms with Crippen molar-refractivity contribution in [2.24, 2.45) is 7.05 Å². The molecular weight excluding hydrogens is 261 g/mol. The van der Waals surface area contributed by atoms with E-state index >= 15 is 0 Å².